The van der Waals surface area contributed by atoms with Gasteiger partial charge in [0.15, 0.2) is 0 Å². The predicted octanol–water partition coefficient (Wildman–Crippen LogP) is 1.92. The number of carbonyl (C=O) groups excluding carboxylic acids is 1. The predicted molar refractivity (Wildman–Crippen MR) is 65.3 cm³/mol. The van der Waals surface area contributed by atoms with Crippen LogP contribution in [0.4, 0.5) is 0 Å². The van der Waals surface area contributed by atoms with Gasteiger partial charge < -0.3 is 10.2 Å². The summed E-state index contributed by atoms with van der Waals surface area (Å²) in [7, 11) is 0. The largest absolute Gasteiger partial charge is 0.338 e. The van der Waals surface area contributed by atoms with Gasteiger partial charge in [0.05, 0.1) is 6.04 Å². The van der Waals surface area contributed by atoms with Gasteiger partial charge in [0.25, 0.3) is 0 Å². The van der Waals surface area contributed by atoms with Gasteiger partial charge in [-0.25, -0.2) is 0 Å². The van der Waals surface area contributed by atoms with Crippen molar-refractivity contribution in [2.45, 2.75) is 64.0 Å². The molecule has 3 heteroatoms. The number of hydrogen-bond donors (Lipinski definition) is 1. The molecule has 92 valence electrons. The maximum absolute atomic E-state index is 12.4. The summed E-state index contributed by atoms with van der Waals surface area (Å²) in [6, 6.07) is 0.617. The Morgan fingerprint density at radius 3 is 2.75 bits per heavy atom. The average Bonchev–Trinajstić information content (AvgIpc) is 2.39. The first-order valence-corrected chi connectivity index (χ1v) is 6.86. The molecule has 2 aliphatic heterocycles. The molecule has 0 aromatic carbocycles. The Kier molecular flexibility index (Phi) is 4.22. The zero-order chi connectivity index (χ0) is 11.4. The first-order chi connectivity index (χ1) is 7.83. The summed E-state index contributed by atoms with van der Waals surface area (Å²) in [6.07, 6.45) is 8.25. The minimum Gasteiger partial charge on any atom is -0.338 e. The number of rotatable bonds is 2. The van der Waals surface area contributed by atoms with Gasteiger partial charge in [0.1, 0.15) is 0 Å². The average molecular weight is 224 g/mol. The highest BCUT2D eigenvalue weighted by Gasteiger charge is 2.30. The van der Waals surface area contributed by atoms with Crippen molar-refractivity contribution in [1.29, 1.82) is 0 Å². The lowest BCUT2D eigenvalue weighted by molar-refractivity contribution is -0.137. The number of nitrogens with one attached hydrogen (secondary N) is 1. The summed E-state index contributed by atoms with van der Waals surface area (Å²) in [5.41, 5.74) is 0. The van der Waals surface area contributed by atoms with Crippen LogP contribution in [0.15, 0.2) is 0 Å². The van der Waals surface area contributed by atoms with Crippen LogP contribution >= 0.6 is 0 Å². The molecule has 2 rings (SSSR count). The summed E-state index contributed by atoms with van der Waals surface area (Å²) in [6.45, 7) is 4.20. The monoisotopic (exact) mass is 224 g/mol. The molecule has 0 bridgehead atoms. The third kappa shape index (κ3) is 2.57. The fourth-order valence-corrected chi connectivity index (χ4v) is 2.98. The van der Waals surface area contributed by atoms with Gasteiger partial charge in [-0.2, -0.15) is 0 Å². The summed E-state index contributed by atoms with van der Waals surface area (Å²) in [5, 5.41) is 3.37. The van der Waals surface area contributed by atoms with E-state index in [1.165, 1.54) is 32.1 Å². The molecule has 0 aromatic rings. The second-order valence-electron chi connectivity index (χ2n) is 5.09. The van der Waals surface area contributed by atoms with E-state index in [0.29, 0.717) is 11.9 Å². The molecule has 2 aliphatic rings. The van der Waals surface area contributed by atoms with Crippen LogP contribution in [-0.2, 0) is 4.79 Å². The molecule has 2 saturated heterocycles. The van der Waals surface area contributed by atoms with Crippen molar-refractivity contribution in [3.63, 3.8) is 0 Å². The number of nitrogens with zero attached hydrogens (tertiary/aromatic N) is 1. The quantitative estimate of drug-likeness (QED) is 0.777. The van der Waals surface area contributed by atoms with Crippen molar-refractivity contribution in [3.8, 4) is 0 Å². The van der Waals surface area contributed by atoms with Crippen LogP contribution in [-0.4, -0.2) is 36.0 Å². The molecule has 1 amide bonds. The maximum Gasteiger partial charge on any atom is 0.239 e. The smallest absolute Gasteiger partial charge is 0.239 e. The van der Waals surface area contributed by atoms with E-state index in [9.17, 15) is 4.79 Å². The fourth-order valence-electron chi connectivity index (χ4n) is 2.98. The molecule has 1 unspecified atom stereocenters. The molecule has 0 saturated carbocycles. The van der Waals surface area contributed by atoms with Crippen LogP contribution < -0.4 is 5.32 Å². The molecular weight excluding hydrogens is 200 g/mol. The molecule has 0 spiro atoms. The molecular formula is C13H24N2O. The highest BCUT2D eigenvalue weighted by Crippen LogP contribution is 2.21. The standard InChI is InChI=1S/C13H24N2O/c1-2-11-7-4-6-10-15(11)13(16)12-8-3-5-9-14-12/h11-12,14H,2-10H2,1H3/t11?,12-/m0/s1. The van der Waals surface area contributed by atoms with Crippen LogP contribution in [0.25, 0.3) is 0 Å². The van der Waals surface area contributed by atoms with Gasteiger partial charge in [0.2, 0.25) is 5.91 Å². The fraction of sp³-hybridized carbons (Fsp3) is 0.923. The van der Waals surface area contributed by atoms with Crippen molar-refractivity contribution in [3.05, 3.63) is 0 Å². The Bertz CT molecular complexity index is 236. The highest BCUT2D eigenvalue weighted by molar-refractivity contribution is 5.82. The molecule has 2 fully saturated rings. The number of amides is 1. The Hall–Kier alpha value is -0.570. The Morgan fingerprint density at radius 2 is 2.06 bits per heavy atom. The second kappa shape index (κ2) is 5.67. The van der Waals surface area contributed by atoms with Gasteiger partial charge in [-0.05, 0) is 45.1 Å². The van der Waals surface area contributed by atoms with E-state index in [2.05, 4.69) is 17.1 Å². The van der Waals surface area contributed by atoms with E-state index < -0.39 is 0 Å². The normalized spacial score (nSPS) is 31.4. The lowest BCUT2D eigenvalue weighted by Gasteiger charge is -2.38. The molecule has 3 nitrogen and oxygen atoms in total. The van der Waals surface area contributed by atoms with E-state index in [0.717, 1.165) is 25.9 Å². The lowest BCUT2D eigenvalue weighted by atomic mass is 9.97. The number of likely N-dealkylation sites (tertiary alicyclic amines) is 1. The molecule has 2 atom stereocenters. The summed E-state index contributed by atoms with van der Waals surface area (Å²) >= 11 is 0. The molecule has 16 heavy (non-hydrogen) atoms. The maximum atomic E-state index is 12.4. The van der Waals surface area contributed by atoms with Gasteiger partial charge in [-0.1, -0.05) is 13.3 Å². The first kappa shape index (κ1) is 11.9. The van der Waals surface area contributed by atoms with Crippen molar-refractivity contribution < 1.29 is 4.79 Å². The summed E-state index contributed by atoms with van der Waals surface area (Å²) < 4.78 is 0. The minimum atomic E-state index is 0.112. The third-order valence-electron chi connectivity index (χ3n) is 3.99. The van der Waals surface area contributed by atoms with Gasteiger partial charge in [-0.3, -0.25) is 4.79 Å². The molecule has 2 heterocycles. The van der Waals surface area contributed by atoms with Crippen LogP contribution in [0.1, 0.15) is 51.9 Å². The van der Waals surface area contributed by atoms with E-state index >= 15 is 0 Å². The minimum absolute atomic E-state index is 0.112. The van der Waals surface area contributed by atoms with Crippen molar-refractivity contribution in [1.82, 2.24) is 10.2 Å². The van der Waals surface area contributed by atoms with Gasteiger partial charge in [-0.15, -0.1) is 0 Å². The van der Waals surface area contributed by atoms with Crippen molar-refractivity contribution in [2.75, 3.05) is 13.1 Å². The SMILES string of the molecule is CCC1CCCCN1C(=O)[C@@H]1CCCCN1. The van der Waals surface area contributed by atoms with Gasteiger partial charge in [0, 0.05) is 12.6 Å². The van der Waals surface area contributed by atoms with Crippen molar-refractivity contribution >= 4 is 5.91 Å². The molecule has 0 aromatic heterocycles. The molecule has 0 aliphatic carbocycles. The van der Waals surface area contributed by atoms with Gasteiger partial charge >= 0.3 is 0 Å². The Labute approximate surface area is 98.6 Å². The van der Waals surface area contributed by atoms with Crippen LogP contribution in [0, 0.1) is 0 Å². The Balaban J connectivity index is 1.95. The van der Waals surface area contributed by atoms with E-state index in [4.69, 9.17) is 0 Å². The third-order valence-corrected chi connectivity index (χ3v) is 3.99. The highest BCUT2D eigenvalue weighted by atomic mass is 16.2. The zero-order valence-corrected chi connectivity index (χ0v) is 10.4. The first-order valence-electron chi connectivity index (χ1n) is 6.86. The molecule has 1 N–H and O–H groups in total. The summed E-state index contributed by atoms with van der Waals surface area (Å²) in [5.74, 6) is 0.367. The zero-order valence-electron chi connectivity index (χ0n) is 10.4. The molecule has 0 radical (unpaired) electrons. The number of piperidine rings is 2. The van der Waals surface area contributed by atoms with Crippen LogP contribution in [0.5, 0.6) is 0 Å². The lowest BCUT2D eigenvalue weighted by Crippen LogP contribution is -2.53. The summed E-state index contributed by atoms with van der Waals surface area (Å²) in [4.78, 5) is 14.5. The second-order valence-corrected chi connectivity index (χ2v) is 5.09. The number of carbonyl (C=O) groups is 1. The van der Waals surface area contributed by atoms with Crippen LogP contribution in [0.3, 0.4) is 0 Å². The Morgan fingerprint density at radius 1 is 1.25 bits per heavy atom. The van der Waals surface area contributed by atoms with E-state index in [-0.39, 0.29) is 6.04 Å². The van der Waals surface area contributed by atoms with Crippen LogP contribution in [0.2, 0.25) is 0 Å². The van der Waals surface area contributed by atoms with E-state index in [1.54, 1.807) is 0 Å². The van der Waals surface area contributed by atoms with Crippen molar-refractivity contribution in [2.24, 2.45) is 0 Å². The van der Waals surface area contributed by atoms with E-state index in [1.807, 2.05) is 0 Å². The topological polar surface area (TPSA) is 32.3 Å². The number of hydrogen-bond acceptors (Lipinski definition) is 2.